The van der Waals surface area contributed by atoms with E-state index in [4.69, 9.17) is 4.74 Å². The first kappa shape index (κ1) is 22.9. The molecule has 34 heavy (non-hydrogen) atoms. The lowest BCUT2D eigenvalue weighted by atomic mass is 9.91. The smallest absolute Gasteiger partial charge is 0.241 e. The van der Waals surface area contributed by atoms with Gasteiger partial charge in [-0.25, -0.2) is 17.5 Å². The van der Waals surface area contributed by atoms with Gasteiger partial charge in [-0.1, -0.05) is 20.8 Å². The zero-order chi connectivity index (χ0) is 24.3. The Kier molecular flexibility index (Phi) is 5.44. The highest BCUT2D eigenvalue weighted by Gasteiger charge is 2.33. The summed E-state index contributed by atoms with van der Waals surface area (Å²) in [6.07, 6.45) is 2.78. The Balaban J connectivity index is 1.27. The molecule has 1 fully saturated rings. The number of H-pyrrole nitrogens is 2. The van der Waals surface area contributed by atoms with E-state index in [1.54, 1.807) is 0 Å². The van der Waals surface area contributed by atoms with Crippen LogP contribution >= 0.6 is 0 Å². The number of halogens is 1. The Morgan fingerprint density at radius 1 is 1.18 bits per heavy atom. The number of fused-ring (bicyclic) bond motifs is 1. The van der Waals surface area contributed by atoms with E-state index in [0.717, 1.165) is 42.1 Å². The fourth-order valence-corrected chi connectivity index (χ4v) is 5.90. The number of anilines is 2. The molecule has 1 aromatic carbocycles. The number of benzene rings is 1. The molecule has 11 heteroatoms. The Morgan fingerprint density at radius 2 is 1.97 bits per heavy atom. The molecular formula is C23H29FN6O3S. The van der Waals surface area contributed by atoms with E-state index in [1.165, 1.54) is 12.1 Å². The van der Waals surface area contributed by atoms with Crippen LogP contribution < -0.4 is 14.8 Å². The van der Waals surface area contributed by atoms with Gasteiger partial charge in [-0.2, -0.15) is 10.2 Å². The number of sulfonamides is 1. The van der Waals surface area contributed by atoms with Gasteiger partial charge in [-0.15, -0.1) is 0 Å². The zero-order valence-electron chi connectivity index (χ0n) is 19.6. The molecule has 2 atom stereocenters. The molecule has 0 bridgehead atoms. The third kappa shape index (κ3) is 4.07. The molecule has 1 saturated carbocycles. The minimum Gasteiger partial charge on any atom is -0.487 e. The molecule has 0 radical (unpaired) electrons. The molecule has 3 heterocycles. The largest absolute Gasteiger partial charge is 0.487 e. The highest BCUT2D eigenvalue weighted by atomic mass is 32.2. The summed E-state index contributed by atoms with van der Waals surface area (Å²) < 4.78 is 47.4. The number of ether oxygens (including phenoxy) is 1. The molecule has 2 aliphatic rings. The van der Waals surface area contributed by atoms with Gasteiger partial charge in [0.15, 0.2) is 17.4 Å². The molecule has 0 amide bonds. The maximum absolute atomic E-state index is 14.9. The van der Waals surface area contributed by atoms with Crippen LogP contribution in [-0.4, -0.2) is 34.9 Å². The molecular weight excluding hydrogens is 459 g/mol. The van der Waals surface area contributed by atoms with Crippen LogP contribution in [0.1, 0.15) is 68.6 Å². The third-order valence-electron chi connectivity index (χ3n) is 6.50. The minimum absolute atomic E-state index is 0.0160. The average Bonchev–Trinajstić information content (AvgIpc) is 3.52. The Morgan fingerprint density at radius 3 is 2.74 bits per heavy atom. The zero-order valence-corrected chi connectivity index (χ0v) is 20.4. The monoisotopic (exact) mass is 488 g/mol. The third-order valence-corrected chi connectivity index (χ3v) is 7.99. The number of aryl methyl sites for hydroxylation is 1. The summed E-state index contributed by atoms with van der Waals surface area (Å²) in [4.78, 5) is -0.0160. The Bertz CT molecular complexity index is 1340. The second-order valence-corrected chi connectivity index (χ2v) is 11.8. The van der Waals surface area contributed by atoms with Crippen molar-refractivity contribution in [1.82, 2.24) is 25.1 Å². The lowest BCUT2D eigenvalue weighted by Crippen LogP contribution is -2.18. The summed E-state index contributed by atoms with van der Waals surface area (Å²) in [5.74, 6) is 0.981. The molecule has 1 aliphatic heterocycles. The van der Waals surface area contributed by atoms with Crippen LogP contribution in [0, 0.1) is 12.7 Å². The predicted octanol–water partition coefficient (Wildman–Crippen LogP) is 4.13. The minimum atomic E-state index is -3.62. The first-order valence-corrected chi connectivity index (χ1v) is 12.9. The Hall–Kier alpha value is -2.92. The van der Waals surface area contributed by atoms with Crippen LogP contribution in [0.15, 0.2) is 23.1 Å². The van der Waals surface area contributed by atoms with Gasteiger partial charge in [0.05, 0.1) is 22.4 Å². The van der Waals surface area contributed by atoms with Gasteiger partial charge >= 0.3 is 0 Å². The molecule has 4 N–H and O–H groups in total. The molecule has 0 saturated heterocycles. The number of hydrogen-bond donors (Lipinski definition) is 4. The van der Waals surface area contributed by atoms with E-state index in [1.807, 2.05) is 13.0 Å². The fraction of sp³-hybridized carbons (Fsp3) is 0.478. The van der Waals surface area contributed by atoms with E-state index < -0.39 is 15.8 Å². The number of hydrogen-bond acceptors (Lipinski definition) is 6. The van der Waals surface area contributed by atoms with Gasteiger partial charge in [-0.05, 0) is 38.3 Å². The first-order chi connectivity index (χ1) is 16.0. The standard InChI is InChI=1S/C23H29FN6O3S/c1-12-21(22(30-27-12)23(2,3)4)33-14-6-5-13(9-14)17-10-19(29-28-17)26-16-7-8-18-15(20(16)24)11-25-34(18,31)32/h7-8,10,13-14,25H,5-6,9,11H2,1-4H3,(H,27,30)(H2,26,28,29). The highest BCUT2D eigenvalue weighted by Crippen LogP contribution is 2.40. The van der Waals surface area contributed by atoms with E-state index in [2.05, 4.69) is 51.2 Å². The van der Waals surface area contributed by atoms with Crippen molar-refractivity contribution in [3.05, 3.63) is 46.7 Å². The van der Waals surface area contributed by atoms with Crippen LogP contribution in [0.4, 0.5) is 15.9 Å². The van der Waals surface area contributed by atoms with Gasteiger partial charge in [-0.3, -0.25) is 10.2 Å². The Labute approximate surface area is 197 Å². The molecule has 9 nitrogen and oxygen atoms in total. The molecule has 5 rings (SSSR count). The predicted molar refractivity (Wildman–Crippen MR) is 125 cm³/mol. The van der Waals surface area contributed by atoms with Crippen molar-refractivity contribution in [1.29, 1.82) is 0 Å². The highest BCUT2D eigenvalue weighted by molar-refractivity contribution is 7.89. The van der Waals surface area contributed by atoms with Crippen molar-refractivity contribution in [2.75, 3.05) is 5.32 Å². The van der Waals surface area contributed by atoms with Gasteiger partial charge < -0.3 is 10.1 Å². The first-order valence-electron chi connectivity index (χ1n) is 11.4. The number of aromatic amines is 2. The van der Waals surface area contributed by atoms with Crippen LogP contribution in [0.3, 0.4) is 0 Å². The van der Waals surface area contributed by atoms with Crippen molar-refractivity contribution >= 4 is 21.5 Å². The van der Waals surface area contributed by atoms with Gasteiger partial charge in [0.25, 0.3) is 0 Å². The van der Waals surface area contributed by atoms with Crippen LogP contribution in [-0.2, 0) is 22.0 Å². The van der Waals surface area contributed by atoms with Gasteiger partial charge in [0.1, 0.15) is 5.69 Å². The molecule has 0 spiro atoms. The molecule has 182 valence electrons. The number of aromatic nitrogens is 4. The number of nitrogens with zero attached hydrogens (tertiary/aromatic N) is 2. The van der Waals surface area contributed by atoms with E-state index in [0.29, 0.717) is 5.82 Å². The quantitative estimate of drug-likeness (QED) is 0.428. The molecule has 1 aliphatic carbocycles. The summed E-state index contributed by atoms with van der Waals surface area (Å²) >= 11 is 0. The molecule has 2 aromatic heterocycles. The summed E-state index contributed by atoms with van der Waals surface area (Å²) in [6, 6.07) is 4.71. The van der Waals surface area contributed by atoms with Crippen molar-refractivity contribution in [2.45, 2.75) is 75.8 Å². The number of rotatable bonds is 5. The van der Waals surface area contributed by atoms with Gasteiger partial charge in [0.2, 0.25) is 10.0 Å². The van der Waals surface area contributed by atoms with Crippen LogP contribution in [0.5, 0.6) is 5.75 Å². The van der Waals surface area contributed by atoms with Crippen LogP contribution in [0.25, 0.3) is 0 Å². The summed E-state index contributed by atoms with van der Waals surface area (Å²) in [5, 5.41) is 17.8. The SMILES string of the molecule is Cc1[nH]nc(C(C)(C)C)c1OC1CCC(c2cc(Nc3ccc4c(c3F)CNS4(=O)=O)n[nH]2)C1. The summed E-state index contributed by atoms with van der Waals surface area (Å²) in [6.45, 7) is 8.27. The van der Waals surface area contributed by atoms with Crippen LogP contribution in [0.2, 0.25) is 0 Å². The molecule has 2 unspecified atom stereocenters. The average molecular weight is 489 g/mol. The van der Waals surface area contributed by atoms with E-state index in [9.17, 15) is 12.8 Å². The lowest BCUT2D eigenvalue weighted by molar-refractivity contribution is 0.202. The van der Waals surface area contributed by atoms with Crippen molar-refractivity contribution in [3.63, 3.8) is 0 Å². The van der Waals surface area contributed by atoms with E-state index >= 15 is 0 Å². The number of nitrogens with one attached hydrogen (secondary N) is 4. The van der Waals surface area contributed by atoms with Crippen molar-refractivity contribution < 1.29 is 17.5 Å². The second-order valence-electron chi connectivity index (χ2n) is 10.1. The van der Waals surface area contributed by atoms with Gasteiger partial charge in [0, 0.05) is 35.2 Å². The van der Waals surface area contributed by atoms with Crippen molar-refractivity contribution in [3.8, 4) is 5.75 Å². The second kappa shape index (κ2) is 8.09. The summed E-state index contributed by atoms with van der Waals surface area (Å²) in [7, 11) is -3.62. The molecule has 3 aromatic rings. The maximum atomic E-state index is 14.9. The maximum Gasteiger partial charge on any atom is 0.241 e. The lowest BCUT2D eigenvalue weighted by Gasteiger charge is -2.20. The van der Waals surface area contributed by atoms with E-state index in [-0.39, 0.29) is 40.1 Å². The summed E-state index contributed by atoms with van der Waals surface area (Å²) in [5.41, 5.74) is 3.03. The normalized spacial score (nSPS) is 21.6. The van der Waals surface area contributed by atoms with Crippen molar-refractivity contribution in [2.24, 2.45) is 0 Å². The topological polar surface area (TPSA) is 125 Å². The fourth-order valence-electron chi connectivity index (χ4n) is 4.68.